The van der Waals surface area contributed by atoms with E-state index in [2.05, 4.69) is 13.8 Å². The summed E-state index contributed by atoms with van der Waals surface area (Å²) in [5, 5.41) is 0. The molecule has 184 valence electrons. The molecule has 5 nitrogen and oxygen atoms in total. The third kappa shape index (κ3) is 4.10. The van der Waals surface area contributed by atoms with Gasteiger partial charge >= 0.3 is 21.5 Å². The van der Waals surface area contributed by atoms with Crippen molar-refractivity contribution in [2.24, 2.45) is 59.2 Å². The maximum atomic E-state index is 12.7. The molecule has 10 unspecified atom stereocenters. The lowest BCUT2D eigenvalue weighted by Gasteiger charge is -2.44. The van der Waals surface area contributed by atoms with Gasteiger partial charge in [-0.1, -0.05) is 13.8 Å². The fourth-order valence-electron chi connectivity index (χ4n) is 8.01. The van der Waals surface area contributed by atoms with Gasteiger partial charge in [0, 0.05) is 6.54 Å². The first-order chi connectivity index (χ1) is 14.6. The molecule has 0 spiro atoms. The average Bonchev–Trinajstić information content (AvgIpc) is 3.37. The molecule has 4 aliphatic carbocycles. The lowest BCUT2D eigenvalue weighted by atomic mass is 9.61. The number of esters is 1. The number of carbonyl (C=O) groups excluding carboxylic acids is 1. The van der Waals surface area contributed by atoms with Crippen molar-refractivity contribution in [3.05, 3.63) is 0 Å². The Morgan fingerprint density at radius 2 is 1.56 bits per heavy atom. The Morgan fingerprint density at radius 3 is 2.09 bits per heavy atom. The van der Waals surface area contributed by atoms with E-state index >= 15 is 0 Å². The fourth-order valence-corrected chi connectivity index (χ4v) is 8.61. The van der Waals surface area contributed by atoms with Crippen LogP contribution in [0.1, 0.15) is 60.3 Å². The van der Waals surface area contributed by atoms with Crippen LogP contribution in [0.15, 0.2) is 0 Å². The van der Waals surface area contributed by atoms with E-state index in [0.29, 0.717) is 41.4 Å². The molecule has 1 N–H and O–H groups in total. The molecule has 10 atom stereocenters. The smallest absolute Gasteiger partial charge is 0.460 e. The number of hydrogen-bond donors (Lipinski definition) is 1. The molecule has 0 aliphatic heterocycles. The predicted molar refractivity (Wildman–Crippen MR) is 114 cm³/mol. The minimum Gasteiger partial charge on any atom is -0.460 e. The first-order valence-corrected chi connectivity index (χ1v) is 13.4. The van der Waals surface area contributed by atoms with Gasteiger partial charge in [0.15, 0.2) is 0 Å². The second-order valence-corrected chi connectivity index (χ2v) is 13.6. The van der Waals surface area contributed by atoms with Crippen LogP contribution in [-0.2, 0) is 19.6 Å². The normalized spacial score (nSPS) is 43.8. The van der Waals surface area contributed by atoms with Crippen LogP contribution in [-0.4, -0.2) is 32.0 Å². The Bertz CT molecular complexity index is 850. The summed E-state index contributed by atoms with van der Waals surface area (Å²) in [5.74, 6) is 2.91. The first kappa shape index (κ1) is 24.3. The Labute approximate surface area is 189 Å². The first-order valence-electron chi connectivity index (χ1n) is 11.9. The Kier molecular flexibility index (Phi) is 5.96. The van der Waals surface area contributed by atoms with Crippen molar-refractivity contribution in [1.29, 1.82) is 0 Å². The van der Waals surface area contributed by atoms with Crippen LogP contribution in [0.4, 0.5) is 13.2 Å². The number of rotatable bonds is 5. The van der Waals surface area contributed by atoms with E-state index in [0.717, 1.165) is 25.7 Å². The molecule has 0 radical (unpaired) electrons. The summed E-state index contributed by atoms with van der Waals surface area (Å²) < 4.78 is 68.7. The van der Waals surface area contributed by atoms with Crippen LogP contribution in [0.5, 0.6) is 0 Å². The quantitative estimate of drug-likeness (QED) is 0.586. The van der Waals surface area contributed by atoms with Crippen molar-refractivity contribution >= 4 is 16.0 Å². The van der Waals surface area contributed by atoms with Crippen molar-refractivity contribution in [3.8, 4) is 0 Å². The monoisotopic (exact) mass is 479 g/mol. The van der Waals surface area contributed by atoms with Crippen molar-refractivity contribution < 1.29 is 31.1 Å². The van der Waals surface area contributed by atoms with Crippen molar-refractivity contribution in [2.45, 2.75) is 71.4 Å². The molecule has 0 saturated heterocycles. The highest BCUT2D eigenvalue weighted by Gasteiger charge is 2.61. The number of ether oxygens (including phenoxy) is 1. The number of alkyl halides is 3. The third-order valence-corrected chi connectivity index (χ3v) is 10.3. The van der Waals surface area contributed by atoms with Gasteiger partial charge in [0.25, 0.3) is 0 Å². The Morgan fingerprint density at radius 1 is 0.938 bits per heavy atom. The third-order valence-electron chi connectivity index (χ3n) is 9.10. The molecule has 0 aromatic rings. The number of nitrogens with one attached hydrogen (secondary N) is 1. The molecule has 4 saturated carbocycles. The highest BCUT2D eigenvalue weighted by atomic mass is 32.2. The molecule has 9 heteroatoms. The van der Waals surface area contributed by atoms with Gasteiger partial charge in [0.05, 0.1) is 5.92 Å². The molecule has 32 heavy (non-hydrogen) atoms. The molecule has 4 rings (SSSR count). The van der Waals surface area contributed by atoms with Crippen molar-refractivity contribution in [2.75, 3.05) is 6.54 Å². The van der Waals surface area contributed by atoms with Gasteiger partial charge in [0.1, 0.15) is 5.60 Å². The van der Waals surface area contributed by atoms with Gasteiger partial charge in [-0.2, -0.15) is 13.2 Å². The van der Waals surface area contributed by atoms with Crippen LogP contribution in [0.2, 0.25) is 0 Å². The summed E-state index contributed by atoms with van der Waals surface area (Å²) >= 11 is 0. The van der Waals surface area contributed by atoms with Crippen LogP contribution in [0, 0.1) is 59.2 Å². The fraction of sp³-hybridized carbons (Fsp3) is 0.957. The van der Waals surface area contributed by atoms with Gasteiger partial charge in [-0.15, -0.1) is 0 Å². The number of hydrogen-bond acceptors (Lipinski definition) is 4. The molecular formula is C23H36F3NO4S. The van der Waals surface area contributed by atoms with E-state index < -0.39 is 21.1 Å². The maximum Gasteiger partial charge on any atom is 0.511 e. The van der Waals surface area contributed by atoms with E-state index in [-0.39, 0.29) is 30.3 Å². The standard InChI is InChI=1S/C23H36F3NO4S/c1-11-13-6-15(10-27-32(29,30)23(24,25)26)17(7-13)20(11)19-12(2)16-8-14(19)9-18(16)21(28)31-22(3,4)5/h11-20,27H,6-10H2,1-5H3. The summed E-state index contributed by atoms with van der Waals surface area (Å²) in [4.78, 5) is 12.7. The predicted octanol–water partition coefficient (Wildman–Crippen LogP) is 4.58. The Balaban J connectivity index is 1.44. The molecule has 0 aromatic carbocycles. The van der Waals surface area contributed by atoms with Gasteiger partial charge in [-0.05, 0) is 99.7 Å². The van der Waals surface area contributed by atoms with E-state index in [1.54, 1.807) is 0 Å². The van der Waals surface area contributed by atoms with E-state index in [4.69, 9.17) is 4.74 Å². The summed E-state index contributed by atoms with van der Waals surface area (Å²) in [6.45, 7) is 10.0. The minimum absolute atomic E-state index is 0.0497. The van der Waals surface area contributed by atoms with E-state index in [1.807, 2.05) is 25.5 Å². The van der Waals surface area contributed by atoms with E-state index in [1.165, 1.54) is 0 Å². The zero-order valence-corrected chi connectivity index (χ0v) is 20.3. The van der Waals surface area contributed by atoms with Gasteiger partial charge in [-0.25, -0.2) is 13.1 Å². The second-order valence-electron chi connectivity index (χ2n) is 11.9. The maximum absolute atomic E-state index is 12.7. The lowest BCUT2D eigenvalue weighted by Crippen LogP contribution is -2.45. The highest BCUT2D eigenvalue weighted by molar-refractivity contribution is 7.90. The molecule has 4 aliphatic rings. The zero-order valence-electron chi connectivity index (χ0n) is 19.5. The largest absolute Gasteiger partial charge is 0.511 e. The lowest BCUT2D eigenvalue weighted by molar-refractivity contribution is -0.163. The number of sulfonamides is 1. The average molecular weight is 480 g/mol. The summed E-state index contributed by atoms with van der Waals surface area (Å²) in [6.07, 6.45) is 3.61. The van der Waals surface area contributed by atoms with Crippen LogP contribution in [0.25, 0.3) is 0 Å². The summed E-state index contributed by atoms with van der Waals surface area (Å²) in [6, 6.07) is 0. The van der Waals surface area contributed by atoms with Crippen molar-refractivity contribution in [3.63, 3.8) is 0 Å². The SMILES string of the molecule is CC1C2CC(CC2C(=O)OC(C)(C)C)C1C1C(C)C2CC(CNS(=O)(=O)C(F)(F)F)C1C2. The Hall–Kier alpha value is -0.830. The van der Waals surface area contributed by atoms with E-state index in [9.17, 15) is 26.4 Å². The molecule has 4 fully saturated rings. The molecular weight excluding hydrogens is 443 g/mol. The highest BCUT2D eigenvalue weighted by Crippen LogP contribution is 2.66. The molecule has 0 heterocycles. The number of fused-ring (bicyclic) bond motifs is 4. The minimum atomic E-state index is -5.30. The second kappa shape index (κ2) is 7.85. The molecule has 0 aromatic heterocycles. The van der Waals surface area contributed by atoms with Crippen LogP contribution in [0.3, 0.4) is 0 Å². The molecule has 0 amide bonds. The summed E-state index contributed by atoms with van der Waals surface area (Å²) in [5.41, 5.74) is -5.77. The summed E-state index contributed by atoms with van der Waals surface area (Å²) in [7, 11) is -5.30. The van der Waals surface area contributed by atoms with Gasteiger partial charge in [0.2, 0.25) is 0 Å². The molecule has 4 bridgehead atoms. The number of carbonyl (C=O) groups is 1. The van der Waals surface area contributed by atoms with Crippen molar-refractivity contribution in [1.82, 2.24) is 4.72 Å². The van der Waals surface area contributed by atoms with Gasteiger partial charge in [-0.3, -0.25) is 4.79 Å². The van der Waals surface area contributed by atoms with Crippen LogP contribution < -0.4 is 4.72 Å². The van der Waals surface area contributed by atoms with Crippen LogP contribution >= 0.6 is 0 Å². The topological polar surface area (TPSA) is 72.5 Å². The number of halogens is 3. The van der Waals surface area contributed by atoms with Gasteiger partial charge < -0.3 is 4.74 Å². The zero-order chi connectivity index (χ0) is 23.8.